The molecule has 2 atom stereocenters. The lowest BCUT2D eigenvalue weighted by atomic mass is 9.95. The van der Waals surface area contributed by atoms with Crippen molar-refractivity contribution in [1.29, 1.82) is 0 Å². The van der Waals surface area contributed by atoms with E-state index in [2.05, 4.69) is 5.32 Å². The second-order valence-electron chi connectivity index (χ2n) is 5.67. The van der Waals surface area contributed by atoms with Crippen molar-refractivity contribution < 1.29 is 23.1 Å². The van der Waals surface area contributed by atoms with Crippen molar-refractivity contribution in [2.24, 2.45) is 5.41 Å². The summed E-state index contributed by atoms with van der Waals surface area (Å²) in [7, 11) is 0. The van der Waals surface area contributed by atoms with E-state index in [1.807, 2.05) is 18.2 Å². The first-order chi connectivity index (χ1) is 9.75. The van der Waals surface area contributed by atoms with Gasteiger partial charge in [0, 0.05) is 6.04 Å². The molecular formula is C15H18F3NO2. The molecule has 1 saturated carbocycles. The Balaban J connectivity index is 2.06. The number of nitrogens with one attached hydrogen (secondary N) is 1. The second-order valence-corrected chi connectivity index (χ2v) is 5.67. The molecule has 2 rings (SSSR count). The van der Waals surface area contributed by atoms with Gasteiger partial charge < -0.3 is 5.11 Å². The van der Waals surface area contributed by atoms with E-state index >= 15 is 0 Å². The van der Waals surface area contributed by atoms with E-state index in [0.29, 0.717) is 0 Å². The van der Waals surface area contributed by atoms with Crippen LogP contribution in [0.25, 0.3) is 0 Å². The Bertz CT molecular complexity index is 497. The van der Waals surface area contributed by atoms with Crippen LogP contribution in [0.1, 0.15) is 37.8 Å². The van der Waals surface area contributed by atoms with Crippen LogP contribution in [0.3, 0.4) is 0 Å². The number of carbonyl (C=O) groups is 1. The average Bonchev–Trinajstić information content (AvgIpc) is 3.19. The third kappa shape index (κ3) is 3.56. The molecule has 3 nitrogen and oxygen atoms in total. The minimum absolute atomic E-state index is 0.0156. The Hall–Kier alpha value is -1.56. The van der Waals surface area contributed by atoms with Crippen LogP contribution < -0.4 is 5.32 Å². The summed E-state index contributed by atoms with van der Waals surface area (Å²) >= 11 is 0. The fourth-order valence-corrected chi connectivity index (χ4v) is 2.50. The van der Waals surface area contributed by atoms with Crippen molar-refractivity contribution in [3.8, 4) is 0 Å². The Labute approximate surface area is 121 Å². The van der Waals surface area contributed by atoms with Crippen molar-refractivity contribution in [3.05, 3.63) is 35.9 Å². The number of hydrogen-bond donors (Lipinski definition) is 2. The zero-order valence-corrected chi connectivity index (χ0v) is 11.7. The summed E-state index contributed by atoms with van der Waals surface area (Å²) < 4.78 is 38.9. The minimum atomic E-state index is -4.33. The highest BCUT2D eigenvalue weighted by Gasteiger charge is 2.63. The Kier molecular flexibility index (Phi) is 4.27. The number of alkyl halides is 3. The number of halogens is 3. The molecule has 116 valence electrons. The lowest BCUT2D eigenvalue weighted by Crippen LogP contribution is -2.42. The van der Waals surface area contributed by atoms with E-state index in [9.17, 15) is 23.1 Å². The topological polar surface area (TPSA) is 49.3 Å². The van der Waals surface area contributed by atoms with Crippen molar-refractivity contribution in [2.45, 2.75) is 44.4 Å². The molecule has 1 aliphatic rings. The van der Waals surface area contributed by atoms with Gasteiger partial charge in [0.2, 0.25) is 0 Å². The van der Waals surface area contributed by atoms with Gasteiger partial charge in [-0.1, -0.05) is 30.3 Å². The molecule has 0 aromatic heterocycles. The van der Waals surface area contributed by atoms with E-state index in [1.165, 1.54) is 0 Å². The number of carboxylic acid groups (broad SMARTS) is 1. The van der Waals surface area contributed by atoms with Gasteiger partial charge in [-0.25, -0.2) is 0 Å². The van der Waals surface area contributed by atoms with E-state index in [0.717, 1.165) is 5.56 Å². The van der Waals surface area contributed by atoms with E-state index in [1.54, 1.807) is 19.1 Å². The maximum Gasteiger partial charge on any atom is 0.394 e. The lowest BCUT2D eigenvalue weighted by Gasteiger charge is -2.26. The van der Waals surface area contributed by atoms with Gasteiger partial charge in [0.15, 0.2) is 0 Å². The Morgan fingerprint density at radius 3 is 2.33 bits per heavy atom. The summed E-state index contributed by atoms with van der Waals surface area (Å²) in [4.78, 5) is 11.3. The zero-order valence-electron chi connectivity index (χ0n) is 11.7. The van der Waals surface area contributed by atoms with E-state index in [-0.39, 0.29) is 18.9 Å². The highest BCUT2D eigenvalue weighted by molar-refractivity contribution is 5.73. The van der Waals surface area contributed by atoms with Gasteiger partial charge in [0.1, 0.15) is 6.04 Å². The standard InChI is InChI=1S/C15H18F3NO2/c1-10(11-5-3-2-4-6-11)19-12(13(20)21)9-14(7-8-14)15(16,17)18/h2-6,10,12,19H,7-9H2,1H3,(H,20,21)/t10-,12-/m1/s1. The molecular weight excluding hydrogens is 283 g/mol. The van der Waals surface area contributed by atoms with Crippen molar-refractivity contribution >= 4 is 5.97 Å². The quantitative estimate of drug-likeness (QED) is 0.845. The number of aliphatic carboxylic acids is 1. The first-order valence-electron chi connectivity index (χ1n) is 6.86. The van der Waals surface area contributed by atoms with Crippen molar-refractivity contribution in [1.82, 2.24) is 5.32 Å². The predicted octanol–water partition coefficient (Wildman–Crippen LogP) is 3.52. The summed E-state index contributed by atoms with van der Waals surface area (Å²) in [6, 6.07) is 7.54. The number of hydrogen-bond acceptors (Lipinski definition) is 2. The van der Waals surface area contributed by atoms with Gasteiger partial charge in [-0.2, -0.15) is 13.2 Å². The highest BCUT2D eigenvalue weighted by atomic mass is 19.4. The van der Waals surface area contributed by atoms with Gasteiger partial charge in [-0.15, -0.1) is 0 Å². The molecule has 1 aromatic rings. The first kappa shape index (κ1) is 15.8. The van der Waals surface area contributed by atoms with Crippen LogP contribution in [0.15, 0.2) is 30.3 Å². The van der Waals surface area contributed by atoms with Crippen LogP contribution in [0.5, 0.6) is 0 Å². The molecule has 0 unspecified atom stereocenters. The largest absolute Gasteiger partial charge is 0.480 e. The van der Waals surface area contributed by atoms with Crippen molar-refractivity contribution in [3.63, 3.8) is 0 Å². The normalized spacial score (nSPS) is 19.8. The monoisotopic (exact) mass is 301 g/mol. The molecule has 1 fully saturated rings. The Morgan fingerprint density at radius 2 is 1.90 bits per heavy atom. The predicted molar refractivity (Wildman–Crippen MR) is 71.8 cm³/mol. The molecule has 0 aliphatic heterocycles. The van der Waals surface area contributed by atoms with Gasteiger partial charge >= 0.3 is 12.1 Å². The molecule has 0 bridgehead atoms. The second kappa shape index (κ2) is 5.67. The third-order valence-electron chi connectivity index (χ3n) is 4.10. The lowest BCUT2D eigenvalue weighted by molar-refractivity contribution is -0.191. The SMILES string of the molecule is C[C@@H](N[C@H](CC1(C(F)(F)F)CC1)C(=O)O)c1ccccc1. The zero-order chi connectivity index (χ0) is 15.7. The number of carboxylic acids is 1. The van der Waals surface area contributed by atoms with E-state index in [4.69, 9.17) is 0 Å². The molecule has 0 heterocycles. The van der Waals surface area contributed by atoms with Crippen LogP contribution in [0.4, 0.5) is 13.2 Å². The molecule has 0 spiro atoms. The smallest absolute Gasteiger partial charge is 0.394 e. The summed E-state index contributed by atoms with van der Waals surface area (Å²) in [5.41, 5.74) is -0.972. The molecule has 0 radical (unpaired) electrons. The van der Waals surface area contributed by atoms with Crippen LogP contribution in [0.2, 0.25) is 0 Å². The number of benzene rings is 1. The highest BCUT2D eigenvalue weighted by Crippen LogP contribution is 2.60. The molecule has 1 aliphatic carbocycles. The van der Waals surface area contributed by atoms with Crippen LogP contribution >= 0.6 is 0 Å². The van der Waals surface area contributed by atoms with Gasteiger partial charge in [-0.05, 0) is 31.7 Å². The molecule has 1 aromatic carbocycles. The molecule has 6 heteroatoms. The summed E-state index contributed by atoms with van der Waals surface area (Å²) in [6.45, 7) is 1.75. The maximum atomic E-state index is 13.0. The fraction of sp³-hybridized carbons (Fsp3) is 0.533. The third-order valence-corrected chi connectivity index (χ3v) is 4.10. The van der Waals surface area contributed by atoms with Gasteiger partial charge in [-0.3, -0.25) is 10.1 Å². The van der Waals surface area contributed by atoms with Crippen LogP contribution in [-0.2, 0) is 4.79 Å². The van der Waals surface area contributed by atoms with Crippen LogP contribution in [-0.4, -0.2) is 23.3 Å². The summed E-state index contributed by atoms with van der Waals surface area (Å²) in [6.07, 6.45) is -4.72. The maximum absolute atomic E-state index is 13.0. The minimum Gasteiger partial charge on any atom is -0.480 e. The molecule has 0 amide bonds. The van der Waals surface area contributed by atoms with Crippen molar-refractivity contribution in [2.75, 3.05) is 0 Å². The fourth-order valence-electron chi connectivity index (χ4n) is 2.50. The summed E-state index contributed by atoms with van der Waals surface area (Å²) in [5, 5.41) is 12.0. The first-order valence-corrected chi connectivity index (χ1v) is 6.86. The van der Waals surface area contributed by atoms with Gasteiger partial charge in [0.05, 0.1) is 5.41 Å². The number of rotatable bonds is 6. The molecule has 21 heavy (non-hydrogen) atoms. The molecule has 0 saturated heterocycles. The van der Waals surface area contributed by atoms with Crippen LogP contribution in [0, 0.1) is 5.41 Å². The molecule has 2 N–H and O–H groups in total. The average molecular weight is 301 g/mol. The van der Waals surface area contributed by atoms with Gasteiger partial charge in [0.25, 0.3) is 0 Å². The Morgan fingerprint density at radius 1 is 1.33 bits per heavy atom. The van der Waals surface area contributed by atoms with E-state index < -0.39 is 30.0 Å². The summed E-state index contributed by atoms with van der Waals surface area (Å²) in [5.74, 6) is -1.24.